The van der Waals surface area contributed by atoms with Gasteiger partial charge < -0.3 is 20.0 Å². The molecule has 5 rings (SSSR count). The molecular weight excluding hydrogens is 482 g/mol. The minimum absolute atomic E-state index is 0.0240. The van der Waals surface area contributed by atoms with Gasteiger partial charge in [-0.1, -0.05) is 29.8 Å². The zero-order chi connectivity index (χ0) is 25.1. The van der Waals surface area contributed by atoms with Gasteiger partial charge in [0.05, 0.1) is 5.02 Å². The normalized spacial score (nSPS) is 14.0. The van der Waals surface area contributed by atoms with Crippen molar-refractivity contribution in [2.45, 2.75) is 12.8 Å². The summed E-state index contributed by atoms with van der Waals surface area (Å²) in [7, 11) is 0. The second kappa shape index (κ2) is 10.2. The van der Waals surface area contributed by atoms with Crippen molar-refractivity contribution < 1.29 is 18.8 Å². The molecule has 0 aliphatic carbocycles. The molecule has 0 atom stereocenters. The Morgan fingerprint density at radius 3 is 2.44 bits per heavy atom. The van der Waals surface area contributed by atoms with Crippen LogP contribution in [0.1, 0.15) is 33.9 Å². The van der Waals surface area contributed by atoms with Crippen LogP contribution in [-0.4, -0.2) is 45.7 Å². The van der Waals surface area contributed by atoms with E-state index in [1.807, 2.05) is 0 Å². The number of furan rings is 1. The summed E-state index contributed by atoms with van der Waals surface area (Å²) in [5.41, 5.74) is 1.16. The van der Waals surface area contributed by atoms with E-state index in [0.717, 1.165) is 0 Å². The number of para-hydroxylation sites is 1. The molecule has 4 aromatic rings. The number of aromatic nitrogens is 2. The lowest BCUT2D eigenvalue weighted by atomic mass is 9.95. The molecule has 0 unspecified atom stereocenters. The first-order valence-electron chi connectivity index (χ1n) is 11.4. The second-order valence-electron chi connectivity index (χ2n) is 8.39. The summed E-state index contributed by atoms with van der Waals surface area (Å²) < 4.78 is 5.80. The Balaban J connectivity index is 1.30. The average molecular weight is 504 g/mol. The fourth-order valence-corrected chi connectivity index (χ4v) is 4.29. The van der Waals surface area contributed by atoms with Crippen LogP contribution in [0.5, 0.6) is 0 Å². The van der Waals surface area contributed by atoms with E-state index >= 15 is 0 Å². The van der Waals surface area contributed by atoms with Gasteiger partial charge in [0.2, 0.25) is 11.7 Å². The van der Waals surface area contributed by atoms with E-state index in [1.165, 1.54) is 6.20 Å². The van der Waals surface area contributed by atoms with Gasteiger partial charge in [0, 0.05) is 36.8 Å². The van der Waals surface area contributed by atoms with Crippen molar-refractivity contribution in [3.63, 3.8) is 0 Å². The lowest BCUT2D eigenvalue weighted by Crippen LogP contribution is -2.41. The van der Waals surface area contributed by atoms with Crippen molar-refractivity contribution in [3.8, 4) is 0 Å². The van der Waals surface area contributed by atoms with Crippen molar-refractivity contribution in [3.05, 3.63) is 83.5 Å². The van der Waals surface area contributed by atoms with Crippen LogP contribution in [0.25, 0.3) is 11.0 Å². The van der Waals surface area contributed by atoms with Gasteiger partial charge in [0.15, 0.2) is 0 Å². The monoisotopic (exact) mass is 503 g/mol. The molecule has 2 N–H and O–H groups in total. The van der Waals surface area contributed by atoms with E-state index in [-0.39, 0.29) is 23.5 Å². The van der Waals surface area contributed by atoms with Crippen molar-refractivity contribution in [2.75, 3.05) is 23.7 Å². The van der Waals surface area contributed by atoms with Crippen LogP contribution < -0.4 is 10.6 Å². The standard InChI is InChI=1S/C26H22ClN5O4/c27-17-8-9-21(29-15-17)30-25(34)23-22(18-5-1-2-7-20(18)36-23)31-24(33)16-10-13-32(14-11-16)26(35)19-6-3-4-12-28-19/h1-9,12,15-16H,10-11,13-14H2,(H,31,33)(H,29,30,34). The molecule has 1 aliphatic heterocycles. The van der Waals surface area contributed by atoms with E-state index in [1.54, 1.807) is 65.7 Å². The largest absolute Gasteiger partial charge is 0.449 e. The number of piperidine rings is 1. The highest BCUT2D eigenvalue weighted by atomic mass is 35.5. The molecule has 36 heavy (non-hydrogen) atoms. The summed E-state index contributed by atoms with van der Waals surface area (Å²) in [6.45, 7) is 0.879. The number of nitrogens with one attached hydrogen (secondary N) is 2. The number of carbonyl (C=O) groups excluding carboxylic acids is 3. The van der Waals surface area contributed by atoms with Gasteiger partial charge in [-0.25, -0.2) is 4.98 Å². The molecular formula is C26H22ClN5O4. The molecule has 4 heterocycles. The van der Waals surface area contributed by atoms with Gasteiger partial charge in [-0.2, -0.15) is 0 Å². The summed E-state index contributed by atoms with van der Waals surface area (Å²) in [5, 5.41) is 6.63. The minimum Gasteiger partial charge on any atom is -0.449 e. The van der Waals surface area contributed by atoms with Crippen LogP contribution in [0.4, 0.5) is 11.5 Å². The number of hydrogen-bond donors (Lipinski definition) is 2. The number of fused-ring (bicyclic) bond motifs is 1. The van der Waals surface area contributed by atoms with E-state index in [2.05, 4.69) is 20.6 Å². The fourth-order valence-electron chi connectivity index (χ4n) is 4.17. The van der Waals surface area contributed by atoms with Crippen LogP contribution in [0.2, 0.25) is 5.02 Å². The number of anilines is 2. The lowest BCUT2D eigenvalue weighted by Gasteiger charge is -2.31. The number of amides is 3. The predicted molar refractivity (Wildman–Crippen MR) is 135 cm³/mol. The average Bonchev–Trinajstić information content (AvgIpc) is 3.28. The van der Waals surface area contributed by atoms with Gasteiger partial charge in [-0.3, -0.25) is 19.4 Å². The Hall–Kier alpha value is -4.24. The summed E-state index contributed by atoms with van der Waals surface area (Å²) in [6, 6.07) is 15.5. The Kier molecular flexibility index (Phi) is 6.64. The molecule has 1 saturated heterocycles. The predicted octanol–water partition coefficient (Wildman–Crippen LogP) is 4.62. The number of hydrogen-bond acceptors (Lipinski definition) is 6. The molecule has 1 fully saturated rings. The molecule has 9 nitrogen and oxygen atoms in total. The van der Waals surface area contributed by atoms with Gasteiger partial charge in [-0.05, 0) is 49.2 Å². The molecule has 1 aromatic carbocycles. The molecule has 182 valence electrons. The maximum absolute atomic E-state index is 13.2. The zero-order valence-corrected chi connectivity index (χ0v) is 19.9. The summed E-state index contributed by atoms with van der Waals surface area (Å²) in [5.74, 6) is -0.973. The van der Waals surface area contributed by atoms with Crippen LogP contribution in [0, 0.1) is 5.92 Å². The van der Waals surface area contributed by atoms with E-state index < -0.39 is 5.91 Å². The zero-order valence-electron chi connectivity index (χ0n) is 19.1. The van der Waals surface area contributed by atoms with Crippen molar-refractivity contribution in [1.29, 1.82) is 0 Å². The Labute approximate surface area is 211 Å². The third-order valence-corrected chi connectivity index (χ3v) is 6.28. The van der Waals surface area contributed by atoms with Crippen molar-refractivity contribution >= 4 is 51.8 Å². The van der Waals surface area contributed by atoms with Crippen LogP contribution in [0.3, 0.4) is 0 Å². The third kappa shape index (κ3) is 4.92. The molecule has 1 aliphatic rings. The Morgan fingerprint density at radius 1 is 0.944 bits per heavy atom. The quantitative estimate of drug-likeness (QED) is 0.410. The molecule has 0 saturated carbocycles. The van der Waals surface area contributed by atoms with Crippen LogP contribution >= 0.6 is 11.6 Å². The van der Waals surface area contributed by atoms with Crippen LogP contribution in [-0.2, 0) is 4.79 Å². The van der Waals surface area contributed by atoms with E-state index in [0.29, 0.717) is 59.1 Å². The van der Waals surface area contributed by atoms with E-state index in [4.69, 9.17) is 16.0 Å². The maximum atomic E-state index is 13.2. The molecule has 3 amide bonds. The topological polar surface area (TPSA) is 117 Å². The van der Waals surface area contributed by atoms with Crippen LogP contribution in [0.15, 0.2) is 71.4 Å². The van der Waals surface area contributed by atoms with Crippen molar-refractivity contribution in [2.24, 2.45) is 5.92 Å². The molecule has 0 bridgehead atoms. The van der Waals surface area contributed by atoms with Gasteiger partial charge in [0.1, 0.15) is 22.8 Å². The second-order valence-corrected chi connectivity index (χ2v) is 8.83. The Morgan fingerprint density at radius 2 is 1.72 bits per heavy atom. The first-order chi connectivity index (χ1) is 17.5. The first-order valence-corrected chi connectivity index (χ1v) is 11.8. The van der Waals surface area contributed by atoms with Gasteiger partial charge >= 0.3 is 0 Å². The number of likely N-dealkylation sites (tertiary alicyclic amines) is 1. The number of halogens is 1. The minimum atomic E-state index is -0.549. The molecule has 0 radical (unpaired) electrons. The molecule has 0 spiro atoms. The first kappa shape index (κ1) is 23.5. The van der Waals surface area contributed by atoms with Crippen molar-refractivity contribution in [1.82, 2.24) is 14.9 Å². The molecule has 10 heteroatoms. The smallest absolute Gasteiger partial charge is 0.294 e. The summed E-state index contributed by atoms with van der Waals surface area (Å²) in [6.07, 6.45) is 4.00. The summed E-state index contributed by atoms with van der Waals surface area (Å²) in [4.78, 5) is 48.8. The van der Waals surface area contributed by atoms with Gasteiger partial charge in [-0.15, -0.1) is 0 Å². The highest BCUT2D eigenvalue weighted by Gasteiger charge is 2.30. The lowest BCUT2D eigenvalue weighted by molar-refractivity contribution is -0.121. The Bertz CT molecular complexity index is 1410. The number of nitrogens with zero attached hydrogens (tertiary/aromatic N) is 3. The van der Waals surface area contributed by atoms with E-state index in [9.17, 15) is 14.4 Å². The number of carbonyl (C=O) groups is 3. The SMILES string of the molecule is O=C(Nc1ccc(Cl)cn1)c1oc2ccccc2c1NC(=O)C1CCN(C(=O)c2ccccn2)CC1. The highest BCUT2D eigenvalue weighted by Crippen LogP contribution is 2.32. The highest BCUT2D eigenvalue weighted by molar-refractivity contribution is 6.30. The molecule has 3 aromatic heterocycles. The summed E-state index contributed by atoms with van der Waals surface area (Å²) >= 11 is 5.87. The number of pyridine rings is 2. The number of benzene rings is 1. The fraction of sp³-hybridized carbons (Fsp3) is 0.192. The maximum Gasteiger partial charge on any atom is 0.294 e. The number of rotatable bonds is 5. The van der Waals surface area contributed by atoms with Gasteiger partial charge in [0.25, 0.3) is 11.8 Å². The third-order valence-electron chi connectivity index (χ3n) is 6.06.